The van der Waals surface area contributed by atoms with Gasteiger partial charge in [0.25, 0.3) is 0 Å². The maximum atomic E-state index is 11.5. The topological polar surface area (TPSA) is 41.1 Å². The molecule has 1 amide bonds. The van der Waals surface area contributed by atoms with Crippen LogP contribution in [0.1, 0.15) is 25.8 Å². The van der Waals surface area contributed by atoms with E-state index in [1.165, 1.54) is 5.56 Å². The Hall–Kier alpha value is -1.03. The minimum atomic E-state index is 0.103. The van der Waals surface area contributed by atoms with Crippen molar-refractivity contribution in [2.75, 3.05) is 18.4 Å². The van der Waals surface area contributed by atoms with Gasteiger partial charge in [-0.25, -0.2) is 0 Å². The summed E-state index contributed by atoms with van der Waals surface area (Å²) in [4.78, 5) is 11.5. The Morgan fingerprint density at radius 1 is 1.39 bits per heavy atom. The molecular weight excluding hydrogens is 292 g/mol. The molecule has 0 aliphatic carbocycles. The lowest BCUT2D eigenvalue weighted by Gasteiger charge is -2.11. The zero-order chi connectivity index (χ0) is 13.5. The van der Waals surface area contributed by atoms with Crippen LogP contribution in [-0.4, -0.2) is 19.0 Å². The lowest BCUT2D eigenvalue weighted by atomic mass is 10.2. The van der Waals surface area contributed by atoms with E-state index >= 15 is 0 Å². The number of benzene rings is 1. The Morgan fingerprint density at radius 2 is 2.11 bits per heavy atom. The molecule has 0 aliphatic heterocycles. The van der Waals surface area contributed by atoms with E-state index in [0.717, 1.165) is 16.7 Å². The molecule has 0 saturated heterocycles. The monoisotopic (exact) mass is 312 g/mol. The standard InChI is InChI=1S/C14H21BrN2O/c1-10(2)9-17-14(18)6-7-16-13-5-4-12(15)8-11(13)3/h4-5,8,10,16H,6-7,9H2,1-3H3,(H,17,18). The summed E-state index contributed by atoms with van der Waals surface area (Å²) in [7, 11) is 0. The first-order valence-electron chi connectivity index (χ1n) is 6.25. The van der Waals surface area contributed by atoms with Crippen molar-refractivity contribution in [3.05, 3.63) is 28.2 Å². The molecule has 0 fully saturated rings. The van der Waals surface area contributed by atoms with Gasteiger partial charge in [-0.3, -0.25) is 4.79 Å². The number of amides is 1. The van der Waals surface area contributed by atoms with E-state index in [1.807, 2.05) is 19.1 Å². The molecule has 2 N–H and O–H groups in total. The summed E-state index contributed by atoms with van der Waals surface area (Å²) in [6, 6.07) is 6.07. The molecule has 0 unspecified atom stereocenters. The maximum absolute atomic E-state index is 11.5. The SMILES string of the molecule is Cc1cc(Br)ccc1NCCC(=O)NCC(C)C. The number of halogens is 1. The Kier molecular flexibility index (Phi) is 6.19. The predicted molar refractivity (Wildman–Crippen MR) is 79.8 cm³/mol. The molecule has 1 aromatic rings. The fourth-order valence-electron chi connectivity index (χ4n) is 1.54. The Morgan fingerprint density at radius 3 is 2.72 bits per heavy atom. The molecule has 0 heterocycles. The quantitative estimate of drug-likeness (QED) is 0.846. The highest BCUT2D eigenvalue weighted by atomic mass is 79.9. The normalized spacial score (nSPS) is 10.5. The molecule has 0 aliphatic rings. The van der Waals surface area contributed by atoms with Gasteiger partial charge in [0.05, 0.1) is 0 Å². The van der Waals surface area contributed by atoms with Gasteiger partial charge in [0.2, 0.25) is 5.91 Å². The molecule has 1 aromatic carbocycles. The van der Waals surface area contributed by atoms with Crippen LogP contribution in [0.2, 0.25) is 0 Å². The van der Waals surface area contributed by atoms with Gasteiger partial charge in [-0.1, -0.05) is 29.8 Å². The summed E-state index contributed by atoms with van der Waals surface area (Å²) < 4.78 is 1.07. The van der Waals surface area contributed by atoms with E-state index in [9.17, 15) is 4.79 Å². The summed E-state index contributed by atoms with van der Waals surface area (Å²) in [5.74, 6) is 0.599. The van der Waals surface area contributed by atoms with Gasteiger partial charge >= 0.3 is 0 Å². The molecule has 0 bridgehead atoms. The lowest BCUT2D eigenvalue weighted by molar-refractivity contribution is -0.120. The summed E-state index contributed by atoms with van der Waals surface area (Å²) in [5, 5.41) is 6.18. The van der Waals surface area contributed by atoms with E-state index in [-0.39, 0.29) is 5.91 Å². The van der Waals surface area contributed by atoms with Crippen molar-refractivity contribution in [3.8, 4) is 0 Å². The number of nitrogens with one attached hydrogen (secondary N) is 2. The molecule has 1 rings (SSSR count). The molecule has 0 radical (unpaired) electrons. The van der Waals surface area contributed by atoms with Crippen molar-refractivity contribution in [1.29, 1.82) is 0 Å². The van der Waals surface area contributed by atoms with Crippen molar-refractivity contribution >= 4 is 27.5 Å². The van der Waals surface area contributed by atoms with Gasteiger partial charge in [0.15, 0.2) is 0 Å². The summed E-state index contributed by atoms with van der Waals surface area (Å²) in [6.07, 6.45) is 0.502. The number of hydrogen-bond donors (Lipinski definition) is 2. The molecule has 4 heteroatoms. The number of anilines is 1. The van der Waals surface area contributed by atoms with Gasteiger partial charge in [-0.2, -0.15) is 0 Å². The van der Waals surface area contributed by atoms with Crippen molar-refractivity contribution in [2.24, 2.45) is 5.92 Å². The number of hydrogen-bond acceptors (Lipinski definition) is 2. The zero-order valence-corrected chi connectivity index (χ0v) is 12.8. The average molecular weight is 313 g/mol. The van der Waals surface area contributed by atoms with Crippen LogP contribution in [-0.2, 0) is 4.79 Å². The largest absolute Gasteiger partial charge is 0.384 e. The molecule has 18 heavy (non-hydrogen) atoms. The second-order valence-electron chi connectivity index (χ2n) is 4.83. The van der Waals surface area contributed by atoms with E-state index in [4.69, 9.17) is 0 Å². The van der Waals surface area contributed by atoms with E-state index in [0.29, 0.717) is 18.9 Å². The van der Waals surface area contributed by atoms with Crippen LogP contribution in [0.15, 0.2) is 22.7 Å². The molecule has 0 spiro atoms. The summed E-state index contributed by atoms with van der Waals surface area (Å²) >= 11 is 3.43. The molecule has 100 valence electrons. The van der Waals surface area contributed by atoms with Crippen LogP contribution in [0.4, 0.5) is 5.69 Å². The fourth-order valence-corrected chi connectivity index (χ4v) is 2.02. The number of aryl methyl sites for hydroxylation is 1. The Bertz CT molecular complexity index is 405. The molecule has 3 nitrogen and oxygen atoms in total. The van der Waals surface area contributed by atoms with Gasteiger partial charge < -0.3 is 10.6 Å². The minimum Gasteiger partial charge on any atom is -0.384 e. The summed E-state index contributed by atoms with van der Waals surface area (Å²) in [5.41, 5.74) is 2.25. The van der Waals surface area contributed by atoms with Crippen molar-refractivity contribution in [3.63, 3.8) is 0 Å². The van der Waals surface area contributed by atoms with Crippen molar-refractivity contribution in [2.45, 2.75) is 27.2 Å². The lowest BCUT2D eigenvalue weighted by Crippen LogP contribution is -2.28. The molecule has 0 atom stereocenters. The van der Waals surface area contributed by atoms with Gasteiger partial charge in [0, 0.05) is 29.7 Å². The van der Waals surface area contributed by atoms with Crippen LogP contribution in [0.5, 0.6) is 0 Å². The van der Waals surface area contributed by atoms with Crippen LogP contribution in [0.3, 0.4) is 0 Å². The highest BCUT2D eigenvalue weighted by Gasteiger charge is 2.03. The zero-order valence-electron chi connectivity index (χ0n) is 11.2. The van der Waals surface area contributed by atoms with Crippen LogP contribution in [0, 0.1) is 12.8 Å². The number of rotatable bonds is 6. The van der Waals surface area contributed by atoms with Gasteiger partial charge in [-0.15, -0.1) is 0 Å². The third-order valence-electron chi connectivity index (χ3n) is 2.56. The van der Waals surface area contributed by atoms with Crippen molar-refractivity contribution in [1.82, 2.24) is 5.32 Å². The second kappa shape index (κ2) is 7.41. The van der Waals surface area contributed by atoms with E-state index in [1.54, 1.807) is 0 Å². The third kappa shape index (κ3) is 5.54. The Labute approximate surface area is 117 Å². The van der Waals surface area contributed by atoms with Gasteiger partial charge in [-0.05, 0) is 36.6 Å². The first kappa shape index (κ1) is 15.0. The molecule has 0 aromatic heterocycles. The average Bonchev–Trinajstić information content (AvgIpc) is 2.29. The molecule has 0 saturated carbocycles. The van der Waals surface area contributed by atoms with Crippen LogP contribution < -0.4 is 10.6 Å². The van der Waals surface area contributed by atoms with E-state index < -0.39 is 0 Å². The highest BCUT2D eigenvalue weighted by molar-refractivity contribution is 9.10. The predicted octanol–water partition coefficient (Wildman–Crippen LogP) is 3.33. The van der Waals surface area contributed by atoms with E-state index in [2.05, 4.69) is 46.5 Å². The second-order valence-corrected chi connectivity index (χ2v) is 5.75. The summed E-state index contributed by atoms with van der Waals surface area (Å²) in [6.45, 7) is 7.63. The van der Waals surface area contributed by atoms with Crippen molar-refractivity contribution < 1.29 is 4.79 Å². The first-order valence-corrected chi connectivity index (χ1v) is 7.05. The minimum absolute atomic E-state index is 0.103. The highest BCUT2D eigenvalue weighted by Crippen LogP contribution is 2.19. The maximum Gasteiger partial charge on any atom is 0.221 e. The number of carbonyl (C=O) groups excluding carboxylic acids is 1. The fraction of sp³-hybridized carbons (Fsp3) is 0.500. The Balaban J connectivity index is 2.31. The number of carbonyl (C=O) groups is 1. The first-order chi connectivity index (χ1) is 8.49. The van der Waals surface area contributed by atoms with Crippen LogP contribution >= 0.6 is 15.9 Å². The van der Waals surface area contributed by atoms with Crippen LogP contribution in [0.25, 0.3) is 0 Å². The smallest absolute Gasteiger partial charge is 0.221 e. The van der Waals surface area contributed by atoms with Gasteiger partial charge in [0.1, 0.15) is 0 Å². The molecular formula is C14H21BrN2O. The third-order valence-corrected chi connectivity index (χ3v) is 3.06.